The largest absolute Gasteiger partial charge is 0.352 e. The van der Waals surface area contributed by atoms with E-state index in [1.807, 2.05) is 0 Å². The topological polar surface area (TPSA) is 44.4 Å². The molecule has 0 bridgehead atoms. The summed E-state index contributed by atoms with van der Waals surface area (Å²) in [7, 11) is 0. The first-order valence-corrected chi connectivity index (χ1v) is 9.60. The molecular weight excluding hydrogens is 322 g/mol. The van der Waals surface area contributed by atoms with E-state index in [2.05, 4.69) is 71.0 Å². The Kier molecular flexibility index (Phi) is 5.05. The third-order valence-corrected chi connectivity index (χ3v) is 5.32. The summed E-state index contributed by atoms with van der Waals surface area (Å²) in [4.78, 5) is 14.7. The Balaban J connectivity index is 1.37. The number of amides is 1. The van der Waals surface area contributed by atoms with Gasteiger partial charge in [0.2, 0.25) is 5.91 Å². The lowest BCUT2D eigenvalue weighted by atomic mass is 9.99. The van der Waals surface area contributed by atoms with E-state index < -0.39 is 0 Å². The summed E-state index contributed by atoms with van der Waals surface area (Å²) in [5.74, 6) is 0.159. The third-order valence-electron chi connectivity index (χ3n) is 5.32. The lowest BCUT2D eigenvalue weighted by Gasteiger charge is -2.33. The zero-order chi connectivity index (χ0) is 17.9. The number of rotatable bonds is 5. The van der Waals surface area contributed by atoms with Crippen LogP contribution in [0.1, 0.15) is 24.0 Å². The molecule has 1 saturated carbocycles. The van der Waals surface area contributed by atoms with Gasteiger partial charge < -0.3 is 10.6 Å². The molecule has 4 rings (SSSR count). The molecule has 1 atom stereocenters. The molecule has 1 unspecified atom stereocenters. The van der Waals surface area contributed by atoms with E-state index in [1.165, 1.54) is 22.3 Å². The van der Waals surface area contributed by atoms with Crippen LogP contribution in [0.2, 0.25) is 0 Å². The maximum absolute atomic E-state index is 12.3. The molecule has 2 aliphatic rings. The van der Waals surface area contributed by atoms with E-state index in [1.54, 1.807) is 0 Å². The van der Waals surface area contributed by atoms with Gasteiger partial charge in [-0.25, -0.2) is 0 Å². The monoisotopic (exact) mass is 349 g/mol. The van der Waals surface area contributed by atoms with Gasteiger partial charge in [0, 0.05) is 32.2 Å². The SMILES string of the molecule is Cc1ccccc1-c1ccc(CN2CCNC(C(=O)NC3CC3)C2)cc1. The molecule has 136 valence electrons. The molecule has 1 saturated heterocycles. The number of carbonyl (C=O) groups excluding carboxylic acids is 1. The van der Waals surface area contributed by atoms with E-state index >= 15 is 0 Å². The molecule has 1 amide bonds. The standard InChI is InChI=1S/C22H27N3O/c1-16-4-2-3-5-20(16)18-8-6-17(7-9-18)14-25-13-12-23-21(15-25)22(26)24-19-10-11-19/h2-9,19,21,23H,10-15H2,1H3,(H,24,26). The van der Waals surface area contributed by atoms with Crippen LogP contribution in [0.5, 0.6) is 0 Å². The van der Waals surface area contributed by atoms with Gasteiger partial charge in [-0.15, -0.1) is 0 Å². The van der Waals surface area contributed by atoms with Crippen LogP contribution in [0.4, 0.5) is 0 Å². The van der Waals surface area contributed by atoms with Gasteiger partial charge in [0.25, 0.3) is 0 Å². The minimum Gasteiger partial charge on any atom is -0.352 e. The fourth-order valence-corrected chi connectivity index (χ4v) is 3.60. The van der Waals surface area contributed by atoms with Crippen LogP contribution in [0, 0.1) is 6.92 Å². The minimum absolute atomic E-state index is 0.0874. The van der Waals surface area contributed by atoms with Crippen LogP contribution in [-0.2, 0) is 11.3 Å². The highest BCUT2D eigenvalue weighted by Crippen LogP contribution is 2.24. The average Bonchev–Trinajstić information content (AvgIpc) is 3.47. The maximum atomic E-state index is 12.3. The summed E-state index contributed by atoms with van der Waals surface area (Å²) >= 11 is 0. The summed E-state index contributed by atoms with van der Waals surface area (Å²) < 4.78 is 0. The first-order chi connectivity index (χ1) is 12.7. The van der Waals surface area contributed by atoms with Crippen molar-refractivity contribution >= 4 is 5.91 Å². The van der Waals surface area contributed by atoms with Crippen molar-refractivity contribution < 1.29 is 4.79 Å². The zero-order valence-electron chi connectivity index (χ0n) is 15.4. The lowest BCUT2D eigenvalue weighted by Crippen LogP contribution is -2.57. The lowest BCUT2D eigenvalue weighted by molar-refractivity contribution is -0.124. The number of aryl methyl sites for hydroxylation is 1. The number of benzene rings is 2. The van der Waals surface area contributed by atoms with Crippen molar-refractivity contribution in [3.8, 4) is 11.1 Å². The normalized spacial score (nSPS) is 20.7. The van der Waals surface area contributed by atoms with Crippen molar-refractivity contribution in [2.24, 2.45) is 0 Å². The van der Waals surface area contributed by atoms with E-state index in [4.69, 9.17) is 0 Å². The number of piperazine rings is 1. The molecule has 1 aliphatic heterocycles. The van der Waals surface area contributed by atoms with Crippen molar-refractivity contribution in [2.45, 2.75) is 38.4 Å². The molecule has 0 spiro atoms. The van der Waals surface area contributed by atoms with Gasteiger partial charge in [0.1, 0.15) is 0 Å². The maximum Gasteiger partial charge on any atom is 0.238 e. The van der Waals surface area contributed by atoms with E-state index in [9.17, 15) is 4.79 Å². The van der Waals surface area contributed by atoms with Crippen molar-refractivity contribution in [1.82, 2.24) is 15.5 Å². The van der Waals surface area contributed by atoms with Crippen LogP contribution in [0.15, 0.2) is 48.5 Å². The zero-order valence-corrected chi connectivity index (χ0v) is 15.4. The Bertz CT molecular complexity index is 767. The number of hydrogen-bond acceptors (Lipinski definition) is 3. The predicted octanol–water partition coefficient (Wildman–Crippen LogP) is 2.71. The molecule has 2 fully saturated rings. The van der Waals surface area contributed by atoms with Crippen LogP contribution < -0.4 is 10.6 Å². The smallest absolute Gasteiger partial charge is 0.238 e. The summed E-state index contributed by atoms with van der Waals surface area (Å²) in [6.45, 7) is 5.66. The molecule has 4 nitrogen and oxygen atoms in total. The first kappa shape index (κ1) is 17.3. The minimum atomic E-state index is -0.0874. The van der Waals surface area contributed by atoms with Gasteiger partial charge in [0.15, 0.2) is 0 Å². The third kappa shape index (κ3) is 4.14. The molecule has 2 aromatic rings. The molecule has 2 N–H and O–H groups in total. The Labute approximate surface area is 155 Å². The van der Waals surface area contributed by atoms with Gasteiger partial charge >= 0.3 is 0 Å². The van der Waals surface area contributed by atoms with Crippen LogP contribution in [0.25, 0.3) is 11.1 Å². The van der Waals surface area contributed by atoms with Gasteiger partial charge in [-0.3, -0.25) is 9.69 Å². The van der Waals surface area contributed by atoms with Gasteiger partial charge in [-0.1, -0.05) is 48.5 Å². The Morgan fingerprint density at radius 3 is 2.65 bits per heavy atom. The quantitative estimate of drug-likeness (QED) is 0.872. The second-order valence-corrected chi connectivity index (χ2v) is 7.54. The van der Waals surface area contributed by atoms with Crippen molar-refractivity contribution in [2.75, 3.05) is 19.6 Å². The molecule has 26 heavy (non-hydrogen) atoms. The Morgan fingerprint density at radius 1 is 1.15 bits per heavy atom. The number of hydrogen-bond donors (Lipinski definition) is 2. The number of nitrogens with one attached hydrogen (secondary N) is 2. The molecule has 1 aliphatic carbocycles. The average molecular weight is 349 g/mol. The molecule has 0 aromatic heterocycles. The van der Waals surface area contributed by atoms with Crippen LogP contribution >= 0.6 is 0 Å². The first-order valence-electron chi connectivity index (χ1n) is 9.60. The molecular formula is C22H27N3O. The predicted molar refractivity (Wildman–Crippen MR) is 105 cm³/mol. The summed E-state index contributed by atoms with van der Waals surface area (Å²) in [6.07, 6.45) is 2.27. The number of nitrogens with zero attached hydrogens (tertiary/aromatic N) is 1. The molecule has 4 heteroatoms. The van der Waals surface area contributed by atoms with Crippen molar-refractivity contribution in [3.05, 3.63) is 59.7 Å². The second kappa shape index (κ2) is 7.60. The highest BCUT2D eigenvalue weighted by atomic mass is 16.2. The van der Waals surface area contributed by atoms with Crippen molar-refractivity contribution in [3.63, 3.8) is 0 Å². The van der Waals surface area contributed by atoms with Gasteiger partial charge in [-0.2, -0.15) is 0 Å². The summed E-state index contributed by atoms with van der Waals surface area (Å²) in [6, 6.07) is 17.7. The Morgan fingerprint density at radius 2 is 1.92 bits per heavy atom. The summed E-state index contributed by atoms with van der Waals surface area (Å²) in [5.41, 5.74) is 5.14. The second-order valence-electron chi connectivity index (χ2n) is 7.54. The van der Waals surface area contributed by atoms with Crippen LogP contribution in [0.3, 0.4) is 0 Å². The fourth-order valence-electron chi connectivity index (χ4n) is 3.60. The Hall–Kier alpha value is -2.17. The highest BCUT2D eigenvalue weighted by Gasteiger charge is 2.30. The molecule has 0 radical (unpaired) electrons. The van der Waals surface area contributed by atoms with E-state index in [-0.39, 0.29) is 11.9 Å². The molecule has 2 aromatic carbocycles. The molecule has 1 heterocycles. The van der Waals surface area contributed by atoms with E-state index in [0.29, 0.717) is 6.04 Å². The summed E-state index contributed by atoms with van der Waals surface area (Å²) in [5, 5.41) is 6.46. The fraction of sp³-hybridized carbons (Fsp3) is 0.409. The number of carbonyl (C=O) groups is 1. The van der Waals surface area contributed by atoms with Gasteiger partial charge in [0.05, 0.1) is 6.04 Å². The van der Waals surface area contributed by atoms with Gasteiger partial charge in [-0.05, 0) is 42.0 Å². The van der Waals surface area contributed by atoms with E-state index in [0.717, 1.165) is 39.0 Å². The van der Waals surface area contributed by atoms with Crippen molar-refractivity contribution in [1.29, 1.82) is 0 Å². The van der Waals surface area contributed by atoms with Crippen LogP contribution in [-0.4, -0.2) is 42.5 Å². The highest BCUT2D eigenvalue weighted by molar-refractivity contribution is 5.82.